The van der Waals surface area contributed by atoms with Crippen molar-refractivity contribution in [2.45, 2.75) is 43.8 Å². The summed E-state index contributed by atoms with van der Waals surface area (Å²) in [5.41, 5.74) is -0.384. The van der Waals surface area contributed by atoms with Gasteiger partial charge < -0.3 is 10.2 Å². The van der Waals surface area contributed by atoms with Crippen LogP contribution in [0, 0.1) is 0 Å². The van der Waals surface area contributed by atoms with Gasteiger partial charge in [-0.05, 0) is 12.8 Å². The molecule has 1 atom stereocenters. The molecule has 1 aromatic rings. The molecule has 1 saturated carbocycles. The van der Waals surface area contributed by atoms with E-state index in [-0.39, 0.29) is 0 Å². The number of aliphatic hydroxyl groups excluding tert-OH is 1. The van der Waals surface area contributed by atoms with Crippen LogP contribution < -0.4 is 0 Å². The molecule has 4 heteroatoms. The van der Waals surface area contributed by atoms with E-state index in [1.807, 2.05) is 0 Å². The van der Waals surface area contributed by atoms with Gasteiger partial charge in [-0.15, -0.1) is 0 Å². The second-order valence-corrected chi connectivity index (χ2v) is 4.24. The van der Waals surface area contributed by atoms with Crippen molar-refractivity contribution >= 4 is 0 Å². The monoisotopic (exact) mass is 208 g/mol. The van der Waals surface area contributed by atoms with Crippen LogP contribution in [0.4, 0.5) is 0 Å². The number of hydrogen-bond acceptors (Lipinski definition) is 4. The Morgan fingerprint density at radius 2 is 1.73 bits per heavy atom. The summed E-state index contributed by atoms with van der Waals surface area (Å²) in [5, 5.41) is 20.4. The first-order chi connectivity index (χ1) is 7.22. The summed E-state index contributed by atoms with van der Waals surface area (Å²) >= 11 is 0. The Kier molecular flexibility index (Phi) is 2.98. The number of rotatable bonds is 2. The lowest BCUT2D eigenvalue weighted by atomic mass is 9.79. The van der Waals surface area contributed by atoms with Crippen LogP contribution in [0.1, 0.15) is 43.8 Å². The molecule has 4 nitrogen and oxygen atoms in total. The quantitative estimate of drug-likeness (QED) is 0.766. The normalized spacial score (nSPS) is 22.3. The van der Waals surface area contributed by atoms with Crippen molar-refractivity contribution in [3.8, 4) is 0 Å². The standard InChI is InChI=1S/C11H16N2O2/c14-10(9-6-12-8-13-7-9)11(15)4-2-1-3-5-11/h6-8,10,14-15H,1-5H2. The molecule has 1 fully saturated rings. The van der Waals surface area contributed by atoms with E-state index in [2.05, 4.69) is 9.97 Å². The molecule has 0 saturated heterocycles. The maximum absolute atomic E-state index is 10.3. The zero-order valence-electron chi connectivity index (χ0n) is 8.63. The Labute approximate surface area is 89.0 Å². The molecule has 0 aromatic carbocycles. The van der Waals surface area contributed by atoms with Gasteiger partial charge in [0.25, 0.3) is 0 Å². The molecule has 0 radical (unpaired) electrons. The number of hydrogen-bond donors (Lipinski definition) is 2. The Balaban J connectivity index is 2.16. The second kappa shape index (κ2) is 4.24. The zero-order valence-corrected chi connectivity index (χ0v) is 8.63. The van der Waals surface area contributed by atoms with Crippen LogP contribution in [0.15, 0.2) is 18.7 Å². The molecule has 0 spiro atoms. The summed E-state index contributed by atoms with van der Waals surface area (Å²) in [6.07, 6.45) is 8.07. The van der Waals surface area contributed by atoms with Crippen LogP contribution in [0.2, 0.25) is 0 Å². The van der Waals surface area contributed by atoms with E-state index < -0.39 is 11.7 Å². The van der Waals surface area contributed by atoms with Crippen molar-refractivity contribution in [1.29, 1.82) is 0 Å². The third-order valence-electron chi connectivity index (χ3n) is 3.12. The summed E-state index contributed by atoms with van der Waals surface area (Å²) in [6.45, 7) is 0. The van der Waals surface area contributed by atoms with E-state index in [9.17, 15) is 10.2 Å². The first-order valence-electron chi connectivity index (χ1n) is 5.38. The van der Waals surface area contributed by atoms with Crippen molar-refractivity contribution in [3.05, 3.63) is 24.3 Å². The topological polar surface area (TPSA) is 66.2 Å². The smallest absolute Gasteiger partial charge is 0.115 e. The minimum atomic E-state index is -0.983. The third-order valence-corrected chi connectivity index (χ3v) is 3.12. The second-order valence-electron chi connectivity index (χ2n) is 4.24. The molecule has 2 N–H and O–H groups in total. The maximum atomic E-state index is 10.3. The zero-order chi connectivity index (χ0) is 10.7. The number of nitrogens with zero attached hydrogens (tertiary/aromatic N) is 2. The fourth-order valence-corrected chi connectivity index (χ4v) is 2.20. The minimum Gasteiger partial charge on any atom is -0.387 e. The van der Waals surface area contributed by atoms with Gasteiger partial charge >= 0.3 is 0 Å². The average molecular weight is 208 g/mol. The molecule has 1 aromatic heterocycles. The molecule has 2 rings (SSSR count). The van der Waals surface area contributed by atoms with Gasteiger partial charge in [-0.1, -0.05) is 19.3 Å². The van der Waals surface area contributed by atoms with Gasteiger partial charge in [0.15, 0.2) is 0 Å². The van der Waals surface area contributed by atoms with Crippen molar-refractivity contribution in [2.24, 2.45) is 0 Å². The van der Waals surface area contributed by atoms with E-state index >= 15 is 0 Å². The van der Waals surface area contributed by atoms with Crippen molar-refractivity contribution in [1.82, 2.24) is 9.97 Å². The van der Waals surface area contributed by atoms with Gasteiger partial charge in [0.1, 0.15) is 12.4 Å². The average Bonchev–Trinajstić information content (AvgIpc) is 2.30. The molecule has 15 heavy (non-hydrogen) atoms. The van der Waals surface area contributed by atoms with Gasteiger partial charge in [0, 0.05) is 18.0 Å². The van der Waals surface area contributed by atoms with E-state index in [0.717, 1.165) is 19.3 Å². The molecule has 1 heterocycles. The van der Waals surface area contributed by atoms with E-state index in [0.29, 0.717) is 18.4 Å². The molecular weight excluding hydrogens is 192 g/mol. The SMILES string of the molecule is OC(c1cncnc1)C1(O)CCCCC1. The summed E-state index contributed by atoms with van der Waals surface area (Å²) in [6, 6.07) is 0. The molecule has 0 amide bonds. The Morgan fingerprint density at radius 3 is 2.33 bits per heavy atom. The van der Waals surface area contributed by atoms with Crippen LogP contribution in [0.3, 0.4) is 0 Å². The van der Waals surface area contributed by atoms with Crippen molar-refractivity contribution in [2.75, 3.05) is 0 Å². The molecule has 1 unspecified atom stereocenters. The van der Waals surface area contributed by atoms with Crippen LogP contribution in [0.25, 0.3) is 0 Å². The Bertz CT molecular complexity index is 310. The molecular formula is C11H16N2O2. The summed E-state index contributed by atoms with van der Waals surface area (Å²) < 4.78 is 0. The molecule has 82 valence electrons. The predicted molar refractivity (Wildman–Crippen MR) is 55.0 cm³/mol. The van der Waals surface area contributed by atoms with E-state index in [4.69, 9.17) is 0 Å². The highest BCUT2D eigenvalue weighted by molar-refractivity contribution is 5.12. The van der Waals surface area contributed by atoms with Crippen LogP contribution in [0.5, 0.6) is 0 Å². The molecule has 1 aliphatic rings. The first kappa shape index (κ1) is 10.5. The summed E-state index contributed by atoms with van der Waals surface area (Å²) in [7, 11) is 0. The Hall–Kier alpha value is -1.00. The van der Waals surface area contributed by atoms with Gasteiger partial charge in [-0.25, -0.2) is 9.97 Å². The third kappa shape index (κ3) is 2.16. The lowest BCUT2D eigenvalue weighted by molar-refractivity contribution is -0.0994. The van der Waals surface area contributed by atoms with Gasteiger partial charge in [-0.2, -0.15) is 0 Å². The molecule has 0 bridgehead atoms. The van der Waals surface area contributed by atoms with Crippen LogP contribution in [-0.2, 0) is 0 Å². The molecule has 0 aliphatic heterocycles. The highest BCUT2D eigenvalue weighted by Crippen LogP contribution is 2.37. The predicted octanol–water partition coefficient (Wildman–Crippen LogP) is 1.21. The van der Waals surface area contributed by atoms with Crippen molar-refractivity contribution < 1.29 is 10.2 Å². The number of aromatic nitrogens is 2. The minimum absolute atomic E-state index is 0.599. The van der Waals surface area contributed by atoms with E-state index in [1.54, 1.807) is 12.4 Å². The fourth-order valence-electron chi connectivity index (χ4n) is 2.20. The lowest BCUT2D eigenvalue weighted by Gasteiger charge is -2.36. The Morgan fingerprint density at radius 1 is 1.13 bits per heavy atom. The lowest BCUT2D eigenvalue weighted by Crippen LogP contribution is -2.38. The van der Waals surface area contributed by atoms with Crippen LogP contribution in [-0.4, -0.2) is 25.8 Å². The summed E-state index contributed by atoms with van der Waals surface area (Å²) in [4.78, 5) is 7.70. The van der Waals surface area contributed by atoms with Crippen molar-refractivity contribution in [3.63, 3.8) is 0 Å². The fraction of sp³-hybridized carbons (Fsp3) is 0.636. The number of aliphatic hydroxyl groups is 2. The first-order valence-corrected chi connectivity index (χ1v) is 5.38. The largest absolute Gasteiger partial charge is 0.387 e. The van der Waals surface area contributed by atoms with Gasteiger partial charge in [0.05, 0.1) is 5.60 Å². The summed E-state index contributed by atoms with van der Waals surface area (Å²) in [5.74, 6) is 0. The maximum Gasteiger partial charge on any atom is 0.115 e. The highest BCUT2D eigenvalue weighted by Gasteiger charge is 2.37. The van der Waals surface area contributed by atoms with Gasteiger partial charge in [0.2, 0.25) is 0 Å². The van der Waals surface area contributed by atoms with Gasteiger partial charge in [-0.3, -0.25) is 0 Å². The highest BCUT2D eigenvalue weighted by atomic mass is 16.3. The van der Waals surface area contributed by atoms with E-state index in [1.165, 1.54) is 6.33 Å². The molecule has 1 aliphatic carbocycles. The van der Waals surface area contributed by atoms with Crippen LogP contribution >= 0.6 is 0 Å².